The molecule has 1 aromatic carbocycles. The molecule has 0 N–H and O–H groups in total. The van der Waals surface area contributed by atoms with Crippen LogP contribution in [0.1, 0.15) is 31.1 Å². The smallest absolute Gasteiger partial charge is 0.223 e. The molecule has 24 heavy (non-hydrogen) atoms. The number of hydrogen-bond acceptors (Lipinski definition) is 5. The van der Waals surface area contributed by atoms with Crippen LogP contribution in [0, 0.1) is 18.8 Å². The molecular weight excluding hydrogens is 300 g/mol. The molecule has 2 atom stereocenters. The van der Waals surface area contributed by atoms with Gasteiger partial charge in [0.1, 0.15) is 0 Å². The number of aromatic nitrogens is 2. The van der Waals surface area contributed by atoms with Gasteiger partial charge < -0.3 is 4.52 Å². The molecule has 0 spiro atoms. The predicted octanol–water partition coefficient (Wildman–Crippen LogP) is 2.97. The van der Waals surface area contributed by atoms with Crippen molar-refractivity contribution >= 4 is 0 Å². The minimum absolute atomic E-state index is 0.538. The highest BCUT2D eigenvalue weighted by atomic mass is 16.5. The fourth-order valence-electron chi connectivity index (χ4n) is 4.24. The Hall–Kier alpha value is -1.72. The Bertz CT molecular complexity index is 630. The zero-order valence-electron chi connectivity index (χ0n) is 15.1. The zero-order chi connectivity index (χ0) is 17.1. The molecule has 0 bridgehead atoms. The zero-order valence-corrected chi connectivity index (χ0v) is 15.1. The van der Waals surface area contributed by atoms with E-state index in [4.69, 9.17) is 4.52 Å². The summed E-state index contributed by atoms with van der Waals surface area (Å²) in [6.07, 6.45) is 0. The molecule has 0 amide bonds. The Kier molecular flexibility index (Phi) is 5.31. The van der Waals surface area contributed by atoms with Crippen molar-refractivity contribution in [2.24, 2.45) is 11.8 Å². The van der Waals surface area contributed by atoms with E-state index in [1.807, 2.05) is 6.92 Å². The van der Waals surface area contributed by atoms with E-state index in [2.05, 4.69) is 71.2 Å². The van der Waals surface area contributed by atoms with Gasteiger partial charge in [-0.05, 0) is 24.4 Å². The van der Waals surface area contributed by atoms with E-state index in [-0.39, 0.29) is 0 Å². The lowest BCUT2D eigenvalue weighted by Crippen LogP contribution is -2.53. The summed E-state index contributed by atoms with van der Waals surface area (Å²) in [6, 6.07) is 11.3. The second-order valence-electron chi connectivity index (χ2n) is 7.27. The highest BCUT2D eigenvalue weighted by Gasteiger charge is 2.34. The number of likely N-dealkylation sites (tertiary alicyclic amines) is 1. The average Bonchev–Trinajstić information content (AvgIpc) is 2.92. The van der Waals surface area contributed by atoms with Crippen molar-refractivity contribution in [1.29, 1.82) is 0 Å². The van der Waals surface area contributed by atoms with Crippen molar-refractivity contribution in [3.8, 4) is 0 Å². The lowest BCUT2D eigenvalue weighted by Gasteiger charge is -2.45. The van der Waals surface area contributed by atoms with Crippen LogP contribution in [0.2, 0.25) is 0 Å². The first kappa shape index (κ1) is 17.1. The van der Waals surface area contributed by atoms with E-state index in [9.17, 15) is 0 Å². The van der Waals surface area contributed by atoms with E-state index in [0.29, 0.717) is 23.8 Å². The molecular formula is C19H28N4O. The van der Waals surface area contributed by atoms with Crippen LogP contribution in [0.25, 0.3) is 0 Å². The van der Waals surface area contributed by atoms with Gasteiger partial charge in [-0.1, -0.05) is 49.3 Å². The number of nitrogens with zero attached hydrogens (tertiary/aromatic N) is 4. The van der Waals surface area contributed by atoms with Gasteiger partial charge >= 0.3 is 0 Å². The monoisotopic (exact) mass is 328 g/mol. The first-order chi connectivity index (χ1) is 11.5. The molecule has 5 heteroatoms. The lowest BCUT2D eigenvalue weighted by atomic mass is 9.84. The van der Waals surface area contributed by atoms with Crippen LogP contribution in [-0.2, 0) is 13.1 Å². The largest absolute Gasteiger partial charge is 0.340 e. The van der Waals surface area contributed by atoms with Gasteiger partial charge in [-0.15, -0.1) is 0 Å². The van der Waals surface area contributed by atoms with Gasteiger partial charge in [-0.3, -0.25) is 9.80 Å². The van der Waals surface area contributed by atoms with E-state index in [1.165, 1.54) is 5.56 Å². The Balaban J connectivity index is 1.60. The van der Waals surface area contributed by atoms with Crippen LogP contribution in [0.4, 0.5) is 0 Å². The summed E-state index contributed by atoms with van der Waals surface area (Å²) in [6.45, 7) is 10.6. The minimum atomic E-state index is 0.538. The molecule has 0 radical (unpaired) electrons. The summed E-state index contributed by atoms with van der Waals surface area (Å²) in [5.41, 5.74) is 1.39. The van der Waals surface area contributed by atoms with Gasteiger partial charge in [0.2, 0.25) is 5.89 Å². The third kappa shape index (κ3) is 4.02. The Morgan fingerprint density at radius 1 is 1.17 bits per heavy atom. The molecule has 0 unspecified atom stereocenters. The Labute approximate surface area is 144 Å². The predicted molar refractivity (Wildman–Crippen MR) is 94.3 cm³/mol. The maximum absolute atomic E-state index is 5.09. The number of benzene rings is 1. The molecule has 2 heterocycles. The van der Waals surface area contributed by atoms with Crippen molar-refractivity contribution in [1.82, 2.24) is 19.9 Å². The molecule has 1 aliphatic rings. The average molecular weight is 328 g/mol. The third-order valence-electron chi connectivity index (χ3n) is 4.98. The van der Waals surface area contributed by atoms with Crippen molar-refractivity contribution in [2.75, 3.05) is 20.1 Å². The summed E-state index contributed by atoms with van der Waals surface area (Å²) in [4.78, 5) is 9.30. The van der Waals surface area contributed by atoms with Gasteiger partial charge in [0.15, 0.2) is 5.82 Å². The van der Waals surface area contributed by atoms with E-state index in [0.717, 1.165) is 32.0 Å². The summed E-state index contributed by atoms with van der Waals surface area (Å²) in [7, 11) is 2.18. The molecule has 0 saturated carbocycles. The molecule has 5 nitrogen and oxygen atoms in total. The van der Waals surface area contributed by atoms with Crippen LogP contribution < -0.4 is 0 Å². The number of piperidine rings is 1. The van der Waals surface area contributed by atoms with Crippen LogP contribution in [0.3, 0.4) is 0 Å². The maximum Gasteiger partial charge on any atom is 0.223 e. The van der Waals surface area contributed by atoms with Crippen LogP contribution in [0.5, 0.6) is 0 Å². The second kappa shape index (κ2) is 7.45. The Morgan fingerprint density at radius 2 is 1.83 bits per heavy atom. The number of hydrogen-bond donors (Lipinski definition) is 0. The molecule has 1 fully saturated rings. The van der Waals surface area contributed by atoms with Gasteiger partial charge in [-0.25, -0.2) is 0 Å². The maximum atomic E-state index is 5.09. The fourth-order valence-corrected chi connectivity index (χ4v) is 4.24. The van der Waals surface area contributed by atoms with E-state index >= 15 is 0 Å². The first-order valence-corrected chi connectivity index (χ1v) is 8.78. The lowest BCUT2D eigenvalue weighted by molar-refractivity contribution is 0.0277. The van der Waals surface area contributed by atoms with E-state index in [1.54, 1.807) is 0 Å². The van der Waals surface area contributed by atoms with Crippen LogP contribution in [0.15, 0.2) is 34.9 Å². The third-order valence-corrected chi connectivity index (χ3v) is 4.98. The second-order valence-corrected chi connectivity index (χ2v) is 7.27. The highest BCUT2D eigenvalue weighted by Crippen LogP contribution is 2.27. The van der Waals surface area contributed by atoms with Crippen molar-refractivity contribution in [2.45, 2.75) is 39.9 Å². The van der Waals surface area contributed by atoms with Crippen LogP contribution >= 0.6 is 0 Å². The highest BCUT2D eigenvalue weighted by molar-refractivity contribution is 5.14. The van der Waals surface area contributed by atoms with Gasteiger partial charge in [0, 0.05) is 32.6 Å². The summed E-state index contributed by atoms with van der Waals surface area (Å²) < 4.78 is 5.09. The van der Waals surface area contributed by atoms with Gasteiger partial charge in [0.25, 0.3) is 0 Å². The normalized spacial score (nSPS) is 23.0. The van der Waals surface area contributed by atoms with Crippen molar-refractivity contribution in [3.05, 3.63) is 47.6 Å². The molecule has 1 aromatic heterocycles. The molecule has 3 rings (SSSR count). The van der Waals surface area contributed by atoms with Gasteiger partial charge in [0.05, 0.1) is 6.54 Å². The summed E-state index contributed by atoms with van der Waals surface area (Å²) in [5.74, 6) is 2.63. The minimum Gasteiger partial charge on any atom is -0.340 e. The van der Waals surface area contributed by atoms with Gasteiger partial charge in [-0.2, -0.15) is 4.98 Å². The molecule has 2 aromatic rings. The number of aryl methyl sites for hydroxylation is 1. The number of rotatable bonds is 5. The molecule has 1 aliphatic heterocycles. The first-order valence-electron chi connectivity index (χ1n) is 8.78. The topological polar surface area (TPSA) is 45.4 Å². The summed E-state index contributed by atoms with van der Waals surface area (Å²) in [5, 5.41) is 4.03. The quantitative estimate of drug-likeness (QED) is 0.844. The standard InChI is InChI=1S/C19H28N4O/c1-14-10-23(12-17-8-6-5-7-9-17)11-15(2)19(14)22(4)13-18-20-16(3)24-21-18/h5-9,14-15,19H,10-13H2,1-4H3/t14-,15-/m0/s1. The molecule has 1 saturated heterocycles. The van der Waals surface area contributed by atoms with Crippen molar-refractivity contribution < 1.29 is 4.52 Å². The fraction of sp³-hybridized carbons (Fsp3) is 0.579. The van der Waals surface area contributed by atoms with Crippen LogP contribution in [-0.4, -0.2) is 46.1 Å². The molecule has 130 valence electrons. The Morgan fingerprint density at radius 3 is 2.42 bits per heavy atom. The van der Waals surface area contributed by atoms with E-state index < -0.39 is 0 Å². The SMILES string of the molecule is Cc1nc(CN(C)C2[C@@H](C)CN(Cc3ccccc3)C[C@@H]2C)no1. The van der Waals surface area contributed by atoms with Crippen molar-refractivity contribution in [3.63, 3.8) is 0 Å². The molecule has 0 aliphatic carbocycles. The summed E-state index contributed by atoms with van der Waals surface area (Å²) >= 11 is 0.